The quantitative estimate of drug-likeness (QED) is 0.830. The minimum atomic E-state index is -3.24. The lowest BCUT2D eigenvalue weighted by molar-refractivity contribution is -0.118. The van der Waals surface area contributed by atoms with E-state index in [0.29, 0.717) is 17.2 Å². The zero-order chi connectivity index (χ0) is 17.6. The van der Waals surface area contributed by atoms with E-state index in [1.807, 2.05) is 0 Å². The molecule has 1 amide bonds. The van der Waals surface area contributed by atoms with Gasteiger partial charge in [-0.05, 0) is 48.5 Å². The van der Waals surface area contributed by atoms with Gasteiger partial charge in [0.2, 0.25) is 0 Å². The molecule has 0 radical (unpaired) electrons. The lowest BCUT2D eigenvalue weighted by Gasteiger charge is -2.09. The number of carbonyl (C=O) groups is 1. The fraction of sp³-hybridized carbons (Fsp3) is 0.235. The first-order chi connectivity index (χ1) is 11.4. The van der Waals surface area contributed by atoms with Crippen LogP contribution in [0.2, 0.25) is 0 Å². The molecular formula is C17H19NO5S. The molecule has 2 aromatic rings. The summed E-state index contributed by atoms with van der Waals surface area (Å²) in [7, 11) is -1.67. The van der Waals surface area contributed by atoms with Crippen LogP contribution in [0.1, 0.15) is 6.92 Å². The molecule has 0 saturated heterocycles. The Morgan fingerprint density at radius 1 is 1.00 bits per heavy atom. The number of hydrogen-bond donors (Lipinski definition) is 1. The Balaban J connectivity index is 1.90. The highest BCUT2D eigenvalue weighted by molar-refractivity contribution is 7.91. The Morgan fingerprint density at radius 2 is 1.58 bits per heavy atom. The average molecular weight is 349 g/mol. The van der Waals surface area contributed by atoms with E-state index in [1.54, 1.807) is 50.4 Å². The van der Waals surface area contributed by atoms with Gasteiger partial charge >= 0.3 is 0 Å². The Hall–Kier alpha value is -2.54. The van der Waals surface area contributed by atoms with Crippen LogP contribution in [0, 0.1) is 0 Å². The van der Waals surface area contributed by atoms with Crippen molar-refractivity contribution in [2.24, 2.45) is 0 Å². The topological polar surface area (TPSA) is 81.7 Å². The number of benzene rings is 2. The standard InChI is InChI=1S/C17H19NO5S/c1-3-24(20,21)16-10-4-13(5-11-16)18-17(19)12-23-15-8-6-14(22-2)7-9-15/h4-11H,3,12H2,1-2H3,(H,18,19). The van der Waals surface area contributed by atoms with Gasteiger partial charge in [0.25, 0.3) is 5.91 Å². The number of nitrogens with one attached hydrogen (secondary N) is 1. The molecule has 2 rings (SSSR count). The van der Waals surface area contributed by atoms with Crippen molar-refractivity contribution < 1.29 is 22.7 Å². The van der Waals surface area contributed by atoms with Gasteiger partial charge in [0.05, 0.1) is 17.8 Å². The number of rotatable bonds is 7. The predicted molar refractivity (Wildman–Crippen MR) is 91.3 cm³/mol. The van der Waals surface area contributed by atoms with Crippen LogP contribution in [-0.2, 0) is 14.6 Å². The monoisotopic (exact) mass is 349 g/mol. The van der Waals surface area contributed by atoms with Crippen LogP contribution >= 0.6 is 0 Å². The van der Waals surface area contributed by atoms with Crippen molar-refractivity contribution in [1.82, 2.24) is 0 Å². The summed E-state index contributed by atoms with van der Waals surface area (Å²) < 4.78 is 33.9. The normalized spacial score (nSPS) is 10.9. The molecule has 2 aromatic carbocycles. The van der Waals surface area contributed by atoms with Crippen LogP contribution < -0.4 is 14.8 Å². The molecule has 0 aliphatic carbocycles. The maximum absolute atomic E-state index is 11.9. The van der Waals surface area contributed by atoms with Gasteiger partial charge in [-0.1, -0.05) is 6.92 Å². The molecule has 0 atom stereocenters. The lowest BCUT2D eigenvalue weighted by Crippen LogP contribution is -2.20. The Morgan fingerprint density at radius 3 is 2.12 bits per heavy atom. The molecule has 0 spiro atoms. The van der Waals surface area contributed by atoms with Crippen LogP contribution in [0.4, 0.5) is 5.69 Å². The number of anilines is 1. The van der Waals surface area contributed by atoms with Gasteiger partial charge in [-0.25, -0.2) is 8.42 Å². The largest absolute Gasteiger partial charge is 0.497 e. The summed E-state index contributed by atoms with van der Waals surface area (Å²) in [5, 5.41) is 2.65. The maximum Gasteiger partial charge on any atom is 0.262 e. The van der Waals surface area contributed by atoms with Crippen molar-refractivity contribution in [3.8, 4) is 11.5 Å². The van der Waals surface area contributed by atoms with Gasteiger partial charge in [0, 0.05) is 5.69 Å². The fourth-order valence-corrected chi connectivity index (χ4v) is 2.81. The predicted octanol–water partition coefficient (Wildman–Crippen LogP) is 2.51. The second-order valence-corrected chi connectivity index (χ2v) is 7.22. The first-order valence-corrected chi connectivity index (χ1v) is 8.99. The third-order valence-electron chi connectivity index (χ3n) is 3.31. The van der Waals surface area contributed by atoms with Crippen molar-refractivity contribution >= 4 is 21.4 Å². The Labute approximate surface area is 141 Å². The molecule has 0 heterocycles. The molecule has 0 fully saturated rings. The third-order valence-corrected chi connectivity index (χ3v) is 5.06. The minimum absolute atomic E-state index is 0.0361. The summed E-state index contributed by atoms with van der Waals surface area (Å²) in [5.74, 6) is 0.954. The molecule has 0 aliphatic heterocycles. The average Bonchev–Trinajstić information content (AvgIpc) is 2.61. The summed E-state index contributed by atoms with van der Waals surface area (Å²) in [4.78, 5) is 12.1. The minimum Gasteiger partial charge on any atom is -0.497 e. The van der Waals surface area contributed by atoms with E-state index >= 15 is 0 Å². The van der Waals surface area contributed by atoms with Crippen LogP contribution in [0.15, 0.2) is 53.4 Å². The SMILES string of the molecule is CCS(=O)(=O)c1ccc(NC(=O)COc2ccc(OC)cc2)cc1. The highest BCUT2D eigenvalue weighted by atomic mass is 32.2. The van der Waals surface area contributed by atoms with Gasteiger partial charge in [-0.15, -0.1) is 0 Å². The lowest BCUT2D eigenvalue weighted by atomic mass is 10.3. The summed E-state index contributed by atoms with van der Waals surface area (Å²) in [6.07, 6.45) is 0. The van der Waals surface area contributed by atoms with Gasteiger partial charge in [0.15, 0.2) is 16.4 Å². The molecular weight excluding hydrogens is 330 g/mol. The van der Waals surface area contributed by atoms with E-state index in [4.69, 9.17) is 9.47 Å². The van der Waals surface area contributed by atoms with Crippen LogP contribution in [-0.4, -0.2) is 33.8 Å². The highest BCUT2D eigenvalue weighted by Gasteiger charge is 2.11. The van der Waals surface area contributed by atoms with E-state index in [2.05, 4.69) is 5.32 Å². The molecule has 24 heavy (non-hydrogen) atoms. The van der Waals surface area contributed by atoms with Crippen molar-refractivity contribution in [3.05, 3.63) is 48.5 Å². The van der Waals surface area contributed by atoms with Gasteiger partial charge in [0.1, 0.15) is 11.5 Å². The maximum atomic E-state index is 11.9. The van der Waals surface area contributed by atoms with Crippen molar-refractivity contribution in [2.45, 2.75) is 11.8 Å². The Kier molecular flexibility index (Phi) is 5.81. The van der Waals surface area contributed by atoms with E-state index in [1.165, 1.54) is 12.1 Å². The smallest absolute Gasteiger partial charge is 0.262 e. The second kappa shape index (κ2) is 7.83. The van der Waals surface area contributed by atoms with Crippen molar-refractivity contribution in [1.29, 1.82) is 0 Å². The van der Waals surface area contributed by atoms with Gasteiger partial charge in [-0.3, -0.25) is 4.79 Å². The molecule has 0 saturated carbocycles. The van der Waals surface area contributed by atoms with E-state index < -0.39 is 9.84 Å². The fourth-order valence-electron chi connectivity index (χ4n) is 1.93. The first-order valence-electron chi connectivity index (χ1n) is 7.34. The number of hydrogen-bond acceptors (Lipinski definition) is 5. The third kappa shape index (κ3) is 4.73. The summed E-state index contributed by atoms with van der Waals surface area (Å²) in [6, 6.07) is 12.9. The molecule has 0 bridgehead atoms. The summed E-state index contributed by atoms with van der Waals surface area (Å²) in [6.45, 7) is 1.43. The number of sulfone groups is 1. The number of methoxy groups -OCH3 is 1. The number of ether oxygens (including phenoxy) is 2. The zero-order valence-electron chi connectivity index (χ0n) is 13.5. The molecule has 6 nitrogen and oxygen atoms in total. The Bertz CT molecular complexity index is 783. The zero-order valence-corrected chi connectivity index (χ0v) is 14.3. The molecule has 128 valence electrons. The molecule has 1 N–H and O–H groups in total. The second-order valence-electron chi connectivity index (χ2n) is 4.94. The number of amides is 1. The van der Waals surface area contributed by atoms with Crippen LogP contribution in [0.3, 0.4) is 0 Å². The number of carbonyl (C=O) groups excluding carboxylic acids is 1. The van der Waals surface area contributed by atoms with Gasteiger partial charge < -0.3 is 14.8 Å². The molecule has 0 unspecified atom stereocenters. The van der Waals surface area contributed by atoms with E-state index in [0.717, 1.165) is 0 Å². The van der Waals surface area contributed by atoms with Crippen LogP contribution in [0.25, 0.3) is 0 Å². The summed E-state index contributed by atoms with van der Waals surface area (Å²) in [5.41, 5.74) is 0.508. The first kappa shape index (κ1) is 17.8. The van der Waals surface area contributed by atoms with E-state index in [-0.39, 0.29) is 23.2 Å². The molecule has 0 aliphatic rings. The molecule has 7 heteroatoms. The van der Waals surface area contributed by atoms with Crippen molar-refractivity contribution in [2.75, 3.05) is 24.8 Å². The van der Waals surface area contributed by atoms with Crippen molar-refractivity contribution in [3.63, 3.8) is 0 Å². The molecule has 0 aromatic heterocycles. The van der Waals surface area contributed by atoms with E-state index in [9.17, 15) is 13.2 Å². The van der Waals surface area contributed by atoms with Gasteiger partial charge in [-0.2, -0.15) is 0 Å². The highest BCUT2D eigenvalue weighted by Crippen LogP contribution is 2.17. The summed E-state index contributed by atoms with van der Waals surface area (Å²) >= 11 is 0. The van der Waals surface area contributed by atoms with Crippen LogP contribution in [0.5, 0.6) is 11.5 Å².